The molecule has 2 aromatic rings. The van der Waals surface area contributed by atoms with E-state index in [0.717, 1.165) is 11.3 Å². The van der Waals surface area contributed by atoms with Crippen molar-refractivity contribution in [3.63, 3.8) is 0 Å². The van der Waals surface area contributed by atoms with Gasteiger partial charge >= 0.3 is 0 Å². The van der Waals surface area contributed by atoms with Crippen LogP contribution in [-0.4, -0.2) is 11.2 Å². The molecular formula is C17H19FO2. The number of aliphatic hydroxyl groups excluding tert-OH is 1. The summed E-state index contributed by atoms with van der Waals surface area (Å²) < 4.78 is 19.1. The summed E-state index contributed by atoms with van der Waals surface area (Å²) in [5.41, 5.74) is 1.27. The number of benzene rings is 2. The third-order valence-corrected chi connectivity index (χ3v) is 3.01. The maximum absolute atomic E-state index is 13.5. The summed E-state index contributed by atoms with van der Waals surface area (Å²) in [6.45, 7) is 3.92. The number of aliphatic hydroxyl groups is 1. The average Bonchev–Trinajstić information content (AvgIpc) is 2.41. The number of ether oxygens (including phenoxy) is 1. The van der Waals surface area contributed by atoms with E-state index in [4.69, 9.17) is 4.74 Å². The van der Waals surface area contributed by atoms with Gasteiger partial charge in [0.25, 0.3) is 0 Å². The molecule has 20 heavy (non-hydrogen) atoms. The van der Waals surface area contributed by atoms with Crippen molar-refractivity contribution in [1.29, 1.82) is 0 Å². The highest BCUT2D eigenvalue weighted by Crippen LogP contribution is 2.22. The third kappa shape index (κ3) is 3.81. The van der Waals surface area contributed by atoms with Gasteiger partial charge in [-0.2, -0.15) is 0 Å². The smallest absolute Gasteiger partial charge is 0.126 e. The Hall–Kier alpha value is -1.87. The zero-order chi connectivity index (χ0) is 14.5. The van der Waals surface area contributed by atoms with Crippen molar-refractivity contribution in [3.8, 4) is 5.75 Å². The van der Waals surface area contributed by atoms with Crippen LogP contribution in [0.25, 0.3) is 0 Å². The minimum atomic E-state index is -0.722. The Bertz CT molecular complexity index is 549. The van der Waals surface area contributed by atoms with Gasteiger partial charge in [-0.15, -0.1) is 0 Å². The van der Waals surface area contributed by atoms with Crippen LogP contribution in [0.1, 0.15) is 31.1 Å². The van der Waals surface area contributed by atoms with Gasteiger partial charge in [-0.1, -0.05) is 30.3 Å². The molecule has 1 N–H and O–H groups in total. The lowest BCUT2D eigenvalue weighted by Gasteiger charge is -2.14. The molecule has 0 aromatic heterocycles. The standard InChI is InChI=1S/C17H19FO2/c1-12(2)20-15-9-7-13(8-10-15)17(19)11-14-5-3-4-6-16(14)18/h3-10,12,17,19H,11H2,1-2H3. The van der Waals surface area contributed by atoms with Crippen LogP contribution in [-0.2, 0) is 6.42 Å². The second-order valence-electron chi connectivity index (χ2n) is 5.05. The van der Waals surface area contributed by atoms with E-state index in [-0.39, 0.29) is 18.3 Å². The lowest BCUT2D eigenvalue weighted by atomic mass is 10.0. The first-order valence-electron chi connectivity index (χ1n) is 6.74. The van der Waals surface area contributed by atoms with E-state index in [0.29, 0.717) is 5.56 Å². The quantitative estimate of drug-likeness (QED) is 0.896. The van der Waals surface area contributed by atoms with Gasteiger partial charge in [0.05, 0.1) is 12.2 Å². The molecule has 0 aliphatic rings. The zero-order valence-electron chi connectivity index (χ0n) is 11.7. The molecule has 2 aromatic carbocycles. The van der Waals surface area contributed by atoms with Crippen LogP contribution in [0.2, 0.25) is 0 Å². The summed E-state index contributed by atoms with van der Waals surface area (Å²) in [6, 6.07) is 13.8. The Morgan fingerprint density at radius 1 is 1.05 bits per heavy atom. The number of hydrogen-bond donors (Lipinski definition) is 1. The van der Waals surface area contributed by atoms with Crippen molar-refractivity contribution in [2.45, 2.75) is 32.5 Å². The van der Waals surface area contributed by atoms with Crippen molar-refractivity contribution in [2.24, 2.45) is 0 Å². The van der Waals surface area contributed by atoms with Crippen molar-refractivity contribution in [2.75, 3.05) is 0 Å². The Morgan fingerprint density at radius 3 is 2.30 bits per heavy atom. The van der Waals surface area contributed by atoms with E-state index < -0.39 is 6.10 Å². The molecule has 2 nitrogen and oxygen atoms in total. The number of halogens is 1. The first-order valence-corrected chi connectivity index (χ1v) is 6.74. The molecule has 0 saturated heterocycles. The van der Waals surface area contributed by atoms with E-state index in [9.17, 15) is 9.50 Å². The van der Waals surface area contributed by atoms with Crippen LogP contribution < -0.4 is 4.74 Å². The predicted octanol–water partition coefficient (Wildman–Crippen LogP) is 3.89. The first kappa shape index (κ1) is 14.5. The molecule has 0 heterocycles. The number of hydrogen-bond acceptors (Lipinski definition) is 2. The van der Waals surface area contributed by atoms with Crippen molar-refractivity contribution >= 4 is 0 Å². The van der Waals surface area contributed by atoms with Crippen LogP contribution in [0.15, 0.2) is 48.5 Å². The predicted molar refractivity (Wildman–Crippen MR) is 77.3 cm³/mol. The summed E-state index contributed by atoms with van der Waals surface area (Å²) in [7, 11) is 0. The molecule has 0 saturated carbocycles. The van der Waals surface area contributed by atoms with Gasteiger partial charge in [0.2, 0.25) is 0 Å². The number of rotatable bonds is 5. The molecule has 106 valence electrons. The van der Waals surface area contributed by atoms with E-state index in [2.05, 4.69) is 0 Å². The summed E-state index contributed by atoms with van der Waals surface area (Å²) in [5.74, 6) is 0.480. The lowest BCUT2D eigenvalue weighted by Crippen LogP contribution is -2.06. The van der Waals surface area contributed by atoms with Crippen LogP contribution in [0.5, 0.6) is 5.75 Å². The largest absolute Gasteiger partial charge is 0.491 e. The SMILES string of the molecule is CC(C)Oc1ccc(C(O)Cc2ccccc2F)cc1. The fourth-order valence-corrected chi connectivity index (χ4v) is 2.03. The average molecular weight is 274 g/mol. The van der Waals surface area contributed by atoms with Gasteiger partial charge < -0.3 is 9.84 Å². The van der Waals surface area contributed by atoms with Crippen molar-refractivity contribution in [1.82, 2.24) is 0 Å². The summed E-state index contributed by atoms with van der Waals surface area (Å²) in [4.78, 5) is 0. The first-order chi connectivity index (χ1) is 9.56. The van der Waals surface area contributed by atoms with Crippen molar-refractivity contribution < 1.29 is 14.2 Å². The van der Waals surface area contributed by atoms with Crippen LogP contribution in [0.4, 0.5) is 4.39 Å². The Morgan fingerprint density at radius 2 is 1.70 bits per heavy atom. The monoisotopic (exact) mass is 274 g/mol. The van der Waals surface area contributed by atoms with Gasteiger partial charge in [0.1, 0.15) is 11.6 Å². The van der Waals surface area contributed by atoms with E-state index in [1.165, 1.54) is 6.07 Å². The van der Waals surface area contributed by atoms with Gasteiger partial charge in [-0.05, 0) is 43.2 Å². The summed E-state index contributed by atoms with van der Waals surface area (Å²) in [6.07, 6.45) is -0.346. The summed E-state index contributed by atoms with van der Waals surface area (Å²) in [5, 5.41) is 10.2. The zero-order valence-corrected chi connectivity index (χ0v) is 11.7. The molecule has 1 unspecified atom stereocenters. The van der Waals surface area contributed by atoms with Crippen LogP contribution in [0, 0.1) is 5.82 Å². The fraction of sp³-hybridized carbons (Fsp3) is 0.294. The van der Waals surface area contributed by atoms with E-state index >= 15 is 0 Å². The molecular weight excluding hydrogens is 255 g/mol. The van der Waals surface area contributed by atoms with Crippen molar-refractivity contribution in [3.05, 3.63) is 65.5 Å². The van der Waals surface area contributed by atoms with Gasteiger partial charge in [0, 0.05) is 6.42 Å². The van der Waals surface area contributed by atoms with E-state index in [1.807, 2.05) is 38.1 Å². The maximum atomic E-state index is 13.5. The highest BCUT2D eigenvalue weighted by Gasteiger charge is 2.11. The molecule has 0 bridgehead atoms. The Kier molecular flexibility index (Phi) is 4.74. The molecule has 1 atom stereocenters. The molecule has 2 rings (SSSR count). The molecule has 0 amide bonds. The highest BCUT2D eigenvalue weighted by molar-refractivity contribution is 5.30. The van der Waals surface area contributed by atoms with Gasteiger partial charge in [0.15, 0.2) is 0 Å². The molecule has 0 radical (unpaired) electrons. The minimum absolute atomic E-state index is 0.115. The van der Waals surface area contributed by atoms with Crippen LogP contribution in [0.3, 0.4) is 0 Å². The minimum Gasteiger partial charge on any atom is -0.491 e. The fourth-order valence-electron chi connectivity index (χ4n) is 2.03. The van der Waals surface area contributed by atoms with E-state index in [1.54, 1.807) is 18.2 Å². The second-order valence-corrected chi connectivity index (χ2v) is 5.05. The van der Waals surface area contributed by atoms with Gasteiger partial charge in [-0.25, -0.2) is 4.39 Å². The van der Waals surface area contributed by atoms with Crippen LogP contribution >= 0.6 is 0 Å². The van der Waals surface area contributed by atoms with Gasteiger partial charge in [-0.3, -0.25) is 0 Å². The molecule has 0 spiro atoms. The highest BCUT2D eigenvalue weighted by atomic mass is 19.1. The second kappa shape index (κ2) is 6.53. The normalized spacial score (nSPS) is 12.4. The molecule has 0 fully saturated rings. The third-order valence-electron chi connectivity index (χ3n) is 3.01. The topological polar surface area (TPSA) is 29.5 Å². The Labute approximate surface area is 118 Å². The molecule has 0 aliphatic heterocycles. The Balaban J connectivity index is 2.06. The maximum Gasteiger partial charge on any atom is 0.126 e. The summed E-state index contributed by atoms with van der Waals surface area (Å²) >= 11 is 0. The molecule has 0 aliphatic carbocycles. The lowest BCUT2D eigenvalue weighted by molar-refractivity contribution is 0.177. The molecule has 3 heteroatoms.